The molecule has 1 aliphatic rings. The Morgan fingerprint density at radius 3 is 2.44 bits per heavy atom. The van der Waals surface area contributed by atoms with Gasteiger partial charge in [0.05, 0.1) is 18.1 Å². The number of unbranched alkanes of at least 4 members (excludes halogenated alkanes) is 2. The molecule has 0 aliphatic carbocycles. The first-order valence-corrected chi connectivity index (χ1v) is 12.1. The summed E-state index contributed by atoms with van der Waals surface area (Å²) in [5, 5.41) is 0. The number of rotatable bonds is 11. The van der Waals surface area contributed by atoms with Crippen molar-refractivity contribution in [1.29, 1.82) is 0 Å². The third kappa shape index (κ3) is 6.75. The predicted octanol–water partition coefficient (Wildman–Crippen LogP) is 3.06. The largest absolute Gasteiger partial charge is 0.379 e. The van der Waals surface area contributed by atoms with Gasteiger partial charge in [0, 0.05) is 38.0 Å². The van der Waals surface area contributed by atoms with E-state index in [0.29, 0.717) is 30.4 Å². The molecule has 7 heteroatoms. The topological polar surface area (TPSA) is 49.9 Å². The lowest BCUT2D eigenvalue weighted by Crippen LogP contribution is -2.46. The monoisotopic (exact) mass is 414 g/mol. The minimum Gasteiger partial charge on any atom is -0.379 e. The Bertz CT molecular complexity index is 644. The predicted molar refractivity (Wildman–Crippen MR) is 114 cm³/mol. The van der Waals surface area contributed by atoms with Crippen molar-refractivity contribution in [3.8, 4) is 0 Å². The second-order valence-electron chi connectivity index (χ2n) is 7.20. The summed E-state index contributed by atoms with van der Waals surface area (Å²) in [4.78, 5) is 2.63. The zero-order chi connectivity index (χ0) is 19.7. The number of hydrogen-bond donors (Lipinski definition) is 1. The molecule has 1 unspecified atom stereocenters. The van der Waals surface area contributed by atoms with E-state index in [-0.39, 0.29) is 6.04 Å². The maximum atomic E-state index is 13.2. The molecule has 154 valence electrons. The number of nitrogens with zero attached hydrogens (tertiary/aromatic N) is 2. The highest BCUT2D eigenvalue weighted by atomic mass is 32.2. The van der Waals surface area contributed by atoms with Gasteiger partial charge in [-0.1, -0.05) is 31.9 Å². The molecule has 1 fully saturated rings. The molecule has 0 radical (unpaired) electrons. The maximum absolute atomic E-state index is 13.2. The van der Waals surface area contributed by atoms with Crippen molar-refractivity contribution in [3.05, 3.63) is 29.8 Å². The summed E-state index contributed by atoms with van der Waals surface area (Å²) >= 11 is 4.34. The van der Waals surface area contributed by atoms with E-state index in [4.69, 9.17) is 4.74 Å². The third-order valence-electron chi connectivity index (χ3n) is 5.10. The number of sulfonamides is 1. The van der Waals surface area contributed by atoms with Crippen molar-refractivity contribution in [2.24, 2.45) is 0 Å². The summed E-state index contributed by atoms with van der Waals surface area (Å²) in [6.07, 6.45) is 4.54. The van der Waals surface area contributed by atoms with Crippen LogP contribution in [0.1, 0.15) is 38.7 Å². The zero-order valence-electron chi connectivity index (χ0n) is 16.6. The van der Waals surface area contributed by atoms with E-state index in [2.05, 4.69) is 24.5 Å². The van der Waals surface area contributed by atoms with Crippen LogP contribution in [-0.2, 0) is 21.2 Å². The van der Waals surface area contributed by atoms with Gasteiger partial charge in [-0.15, -0.1) is 0 Å². The standard InChI is InChI=1S/C20H34N2O3S2/c1-3-4-5-6-19-7-9-20(10-8-19)27(23,24)22(18(2)17-26)12-11-21-13-15-25-16-14-21/h7-10,18,26H,3-6,11-17H2,1-2H3. The second-order valence-corrected chi connectivity index (χ2v) is 9.46. The molecule has 0 amide bonds. The van der Waals surface area contributed by atoms with Gasteiger partial charge in [-0.3, -0.25) is 4.90 Å². The van der Waals surface area contributed by atoms with E-state index in [1.807, 2.05) is 19.1 Å². The Balaban J connectivity index is 2.07. The summed E-state index contributed by atoms with van der Waals surface area (Å²) in [6.45, 7) is 8.44. The van der Waals surface area contributed by atoms with E-state index >= 15 is 0 Å². The van der Waals surface area contributed by atoms with E-state index in [1.165, 1.54) is 18.4 Å². The van der Waals surface area contributed by atoms with Crippen molar-refractivity contribution >= 4 is 22.7 Å². The van der Waals surface area contributed by atoms with Gasteiger partial charge in [0.25, 0.3) is 0 Å². The quantitative estimate of drug-likeness (QED) is 0.447. The molecule has 1 heterocycles. The molecule has 27 heavy (non-hydrogen) atoms. The summed E-state index contributed by atoms with van der Waals surface area (Å²) in [5.41, 5.74) is 1.20. The Hall–Kier alpha value is -0.600. The van der Waals surface area contributed by atoms with E-state index in [0.717, 1.165) is 32.5 Å². The Morgan fingerprint density at radius 2 is 1.85 bits per heavy atom. The smallest absolute Gasteiger partial charge is 0.243 e. The SMILES string of the molecule is CCCCCc1ccc(S(=O)(=O)N(CCN2CCOCC2)C(C)CS)cc1. The summed E-state index contributed by atoms with van der Waals surface area (Å²) in [6, 6.07) is 7.26. The van der Waals surface area contributed by atoms with E-state index in [9.17, 15) is 8.42 Å². The molecule has 0 bridgehead atoms. The first-order valence-electron chi connectivity index (χ1n) is 10.0. The highest BCUT2D eigenvalue weighted by Gasteiger charge is 2.29. The van der Waals surface area contributed by atoms with Gasteiger partial charge in [-0.2, -0.15) is 16.9 Å². The molecule has 1 atom stereocenters. The maximum Gasteiger partial charge on any atom is 0.243 e. The van der Waals surface area contributed by atoms with Crippen molar-refractivity contribution in [2.75, 3.05) is 45.1 Å². The van der Waals surface area contributed by atoms with Gasteiger partial charge in [0.15, 0.2) is 0 Å². The van der Waals surface area contributed by atoms with Gasteiger partial charge in [0.2, 0.25) is 10.0 Å². The molecule has 0 spiro atoms. The van der Waals surface area contributed by atoms with Crippen molar-refractivity contribution in [2.45, 2.75) is 50.5 Å². The molecule has 1 aliphatic heterocycles. The van der Waals surface area contributed by atoms with Crippen molar-refractivity contribution in [3.63, 3.8) is 0 Å². The molecule has 1 saturated heterocycles. The van der Waals surface area contributed by atoms with Gasteiger partial charge < -0.3 is 4.74 Å². The van der Waals surface area contributed by atoms with Crippen molar-refractivity contribution in [1.82, 2.24) is 9.21 Å². The van der Waals surface area contributed by atoms with Gasteiger partial charge in [-0.05, 0) is 37.5 Å². The number of hydrogen-bond acceptors (Lipinski definition) is 5. The van der Waals surface area contributed by atoms with E-state index < -0.39 is 10.0 Å². The van der Waals surface area contributed by atoms with Gasteiger partial charge in [-0.25, -0.2) is 8.42 Å². The fraction of sp³-hybridized carbons (Fsp3) is 0.700. The lowest BCUT2D eigenvalue weighted by molar-refractivity contribution is 0.0357. The Morgan fingerprint density at radius 1 is 1.19 bits per heavy atom. The first kappa shape index (κ1) is 22.7. The molecule has 1 aromatic rings. The van der Waals surface area contributed by atoms with E-state index in [1.54, 1.807) is 16.4 Å². The fourth-order valence-electron chi connectivity index (χ4n) is 3.28. The highest BCUT2D eigenvalue weighted by molar-refractivity contribution is 7.89. The van der Waals surface area contributed by atoms with Crippen LogP contribution in [0.5, 0.6) is 0 Å². The summed E-state index contributed by atoms with van der Waals surface area (Å²) < 4.78 is 33.4. The molecule has 2 rings (SSSR count). The Kier molecular flexibility index (Phi) is 9.59. The number of ether oxygens (including phenoxy) is 1. The molecule has 1 aromatic carbocycles. The lowest BCUT2D eigenvalue weighted by atomic mass is 10.1. The first-order chi connectivity index (χ1) is 13.0. The molecule has 0 saturated carbocycles. The fourth-order valence-corrected chi connectivity index (χ4v) is 5.20. The van der Waals surface area contributed by atoms with Crippen LogP contribution in [-0.4, -0.2) is 68.8 Å². The summed E-state index contributed by atoms with van der Waals surface area (Å²) in [5.74, 6) is 0.497. The molecule has 0 N–H and O–H groups in total. The number of aryl methyl sites for hydroxylation is 1. The minimum absolute atomic E-state index is 0.149. The van der Waals surface area contributed by atoms with Crippen LogP contribution in [0.4, 0.5) is 0 Å². The second kappa shape index (κ2) is 11.4. The summed E-state index contributed by atoms with van der Waals surface area (Å²) in [7, 11) is -3.53. The molecular formula is C20H34N2O3S2. The van der Waals surface area contributed by atoms with Crippen LogP contribution in [0.15, 0.2) is 29.2 Å². The number of benzene rings is 1. The van der Waals surface area contributed by atoms with Crippen molar-refractivity contribution < 1.29 is 13.2 Å². The highest BCUT2D eigenvalue weighted by Crippen LogP contribution is 2.20. The zero-order valence-corrected chi connectivity index (χ0v) is 18.4. The number of morpholine rings is 1. The molecule has 5 nitrogen and oxygen atoms in total. The lowest BCUT2D eigenvalue weighted by Gasteiger charge is -2.32. The Labute approximate surface area is 170 Å². The van der Waals surface area contributed by atoms with Crippen LogP contribution in [0, 0.1) is 0 Å². The normalized spacial score (nSPS) is 17.3. The van der Waals surface area contributed by atoms with Gasteiger partial charge >= 0.3 is 0 Å². The average molecular weight is 415 g/mol. The average Bonchev–Trinajstić information content (AvgIpc) is 2.69. The third-order valence-corrected chi connectivity index (χ3v) is 7.65. The van der Waals surface area contributed by atoms with Crippen LogP contribution in [0.2, 0.25) is 0 Å². The number of thiol groups is 1. The van der Waals surface area contributed by atoms with Gasteiger partial charge in [0.1, 0.15) is 0 Å². The molecule has 0 aromatic heterocycles. The minimum atomic E-state index is -3.53. The molecular weight excluding hydrogens is 380 g/mol. The van der Waals surface area contributed by atoms with Crippen LogP contribution >= 0.6 is 12.6 Å². The van der Waals surface area contributed by atoms with Crippen LogP contribution < -0.4 is 0 Å². The van der Waals surface area contributed by atoms with Crippen LogP contribution in [0.25, 0.3) is 0 Å². The van der Waals surface area contributed by atoms with Crippen LogP contribution in [0.3, 0.4) is 0 Å².